The van der Waals surface area contributed by atoms with Crippen molar-refractivity contribution >= 4 is 23.2 Å². The normalized spacial score (nSPS) is 15.8. The van der Waals surface area contributed by atoms with Crippen LogP contribution >= 0.6 is 0 Å². The van der Waals surface area contributed by atoms with E-state index in [2.05, 4.69) is 5.32 Å². The number of hydrogen-bond acceptors (Lipinski definition) is 3. The van der Waals surface area contributed by atoms with Gasteiger partial charge in [0.25, 0.3) is 5.91 Å². The molecule has 0 fully saturated rings. The second kappa shape index (κ2) is 6.74. The first kappa shape index (κ1) is 16.1. The molecule has 1 atom stereocenters. The Morgan fingerprint density at radius 1 is 1.17 bits per heavy atom. The van der Waals surface area contributed by atoms with Gasteiger partial charge in [0.1, 0.15) is 5.75 Å². The van der Waals surface area contributed by atoms with Gasteiger partial charge in [-0.3, -0.25) is 9.59 Å². The van der Waals surface area contributed by atoms with Gasteiger partial charge in [0.05, 0.1) is 5.69 Å². The third kappa shape index (κ3) is 3.25. The highest BCUT2D eigenvalue weighted by molar-refractivity contribution is 5.97. The summed E-state index contributed by atoms with van der Waals surface area (Å²) in [4.78, 5) is 25.7. The molecule has 0 spiro atoms. The summed E-state index contributed by atoms with van der Waals surface area (Å²) >= 11 is 0. The van der Waals surface area contributed by atoms with Gasteiger partial charge in [0, 0.05) is 18.7 Å². The molecule has 24 heavy (non-hydrogen) atoms. The van der Waals surface area contributed by atoms with Crippen LogP contribution in [0.5, 0.6) is 5.75 Å². The van der Waals surface area contributed by atoms with Gasteiger partial charge < -0.3 is 15.0 Å². The van der Waals surface area contributed by atoms with Crippen molar-refractivity contribution in [1.82, 2.24) is 0 Å². The fraction of sp³-hybridized carbons (Fsp3) is 0.263. The SMILES string of the molecule is CC(=O)Nc1ccccc1OCC(=O)N1c2ccccc2C[C@H]1C. The summed E-state index contributed by atoms with van der Waals surface area (Å²) in [5, 5.41) is 2.70. The maximum atomic E-state index is 12.6. The molecule has 0 aliphatic carbocycles. The summed E-state index contributed by atoms with van der Waals surface area (Å²) < 4.78 is 5.67. The zero-order valence-electron chi connectivity index (χ0n) is 13.8. The van der Waals surface area contributed by atoms with E-state index < -0.39 is 0 Å². The molecular formula is C19H20N2O3. The number of nitrogens with zero attached hydrogens (tertiary/aromatic N) is 1. The van der Waals surface area contributed by atoms with Gasteiger partial charge in [-0.25, -0.2) is 0 Å². The Morgan fingerprint density at radius 3 is 2.67 bits per heavy atom. The first-order valence-corrected chi connectivity index (χ1v) is 7.95. The lowest BCUT2D eigenvalue weighted by Crippen LogP contribution is -2.39. The quantitative estimate of drug-likeness (QED) is 0.940. The van der Waals surface area contributed by atoms with Crippen LogP contribution < -0.4 is 15.0 Å². The Hall–Kier alpha value is -2.82. The van der Waals surface area contributed by atoms with Crippen molar-refractivity contribution in [3.05, 3.63) is 54.1 Å². The van der Waals surface area contributed by atoms with Crippen molar-refractivity contribution in [2.75, 3.05) is 16.8 Å². The first-order chi connectivity index (χ1) is 11.6. The monoisotopic (exact) mass is 324 g/mol. The Labute approximate surface area is 141 Å². The molecule has 1 heterocycles. The maximum absolute atomic E-state index is 12.6. The second-order valence-corrected chi connectivity index (χ2v) is 5.91. The molecule has 0 aromatic heterocycles. The van der Waals surface area contributed by atoms with Crippen molar-refractivity contribution < 1.29 is 14.3 Å². The van der Waals surface area contributed by atoms with E-state index in [0.717, 1.165) is 12.1 Å². The summed E-state index contributed by atoms with van der Waals surface area (Å²) in [5.74, 6) is 0.214. The molecule has 0 radical (unpaired) electrons. The molecule has 124 valence electrons. The number of anilines is 2. The van der Waals surface area contributed by atoms with Crippen LogP contribution in [0.2, 0.25) is 0 Å². The molecule has 1 N–H and O–H groups in total. The Balaban J connectivity index is 1.72. The summed E-state index contributed by atoms with van der Waals surface area (Å²) in [6.07, 6.45) is 0.852. The average Bonchev–Trinajstić information content (AvgIpc) is 2.89. The smallest absolute Gasteiger partial charge is 0.265 e. The standard InChI is InChI=1S/C19H20N2O3/c1-13-11-15-7-3-5-9-17(15)21(13)19(23)12-24-18-10-6-4-8-16(18)20-14(2)22/h3-10,13H,11-12H2,1-2H3,(H,20,22)/t13-/m1/s1. The summed E-state index contributed by atoms with van der Waals surface area (Å²) in [6.45, 7) is 3.39. The summed E-state index contributed by atoms with van der Waals surface area (Å²) in [7, 11) is 0. The minimum Gasteiger partial charge on any atom is -0.482 e. The molecule has 1 aliphatic heterocycles. The highest BCUT2D eigenvalue weighted by atomic mass is 16.5. The molecule has 0 saturated heterocycles. The van der Waals surface area contributed by atoms with Gasteiger partial charge in [0.2, 0.25) is 5.91 Å². The predicted octanol–water partition coefficient (Wildman–Crippen LogP) is 3.00. The van der Waals surface area contributed by atoms with Crippen molar-refractivity contribution in [2.24, 2.45) is 0 Å². The van der Waals surface area contributed by atoms with Crippen molar-refractivity contribution in [1.29, 1.82) is 0 Å². The maximum Gasteiger partial charge on any atom is 0.265 e. The van der Waals surface area contributed by atoms with E-state index in [4.69, 9.17) is 4.74 Å². The molecule has 0 bridgehead atoms. The summed E-state index contributed by atoms with van der Waals surface area (Å²) in [6, 6.07) is 15.1. The van der Waals surface area contributed by atoms with Crippen LogP contribution in [0.25, 0.3) is 0 Å². The van der Waals surface area contributed by atoms with Crippen LogP contribution in [0, 0.1) is 0 Å². The molecule has 0 saturated carbocycles. The van der Waals surface area contributed by atoms with E-state index in [1.807, 2.05) is 31.2 Å². The lowest BCUT2D eigenvalue weighted by molar-refractivity contribution is -0.120. The third-order valence-electron chi connectivity index (χ3n) is 4.02. The zero-order valence-corrected chi connectivity index (χ0v) is 13.8. The second-order valence-electron chi connectivity index (χ2n) is 5.91. The Morgan fingerprint density at radius 2 is 1.88 bits per heavy atom. The fourth-order valence-electron chi connectivity index (χ4n) is 3.04. The van der Waals surface area contributed by atoms with Crippen molar-refractivity contribution in [3.8, 4) is 5.75 Å². The number of para-hydroxylation sites is 3. The van der Waals surface area contributed by atoms with Gasteiger partial charge in [-0.2, -0.15) is 0 Å². The van der Waals surface area contributed by atoms with Crippen LogP contribution in [0.4, 0.5) is 11.4 Å². The molecule has 1 aliphatic rings. The summed E-state index contributed by atoms with van der Waals surface area (Å²) in [5.41, 5.74) is 2.69. The van der Waals surface area contributed by atoms with Crippen LogP contribution in [0.15, 0.2) is 48.5 Å². The highest BCUT2D eigenvalue weighted by Gasteiger charge is 2.30. The number of ether oxygens (including phenoxy) is 1. The topological polar surface area (TPSA) is 58.6 Å². The average molecular weight is 324 g/mol. The van der Waals surface area contributed by atoms with Crippen LogP contribution in [-0.4, -0.2) is 24.5 Å². The van der Waals surface area contributed by atoms with Crippen LogP contribution in [0.3, 0.4) is 0 Å². The number of amides is 2. The molecule has 2 aromatic carbocycles. The van der Waals surface area contributed by atoms with E-state index in [-0.39, 0.29) is 24.5 Å². The van der Waals surface area contributed by atoms with Gasteiger partial charge in [-0.05, 0) is 37.1 Å². The molecule has 2 aromatic rings. The zero-order chi connectivity index (χ0) is 17.1. The molecule has 5 nitrogen and oxygen atoms in total. The predicted molar refractivity (Wildman–Crippen MR) is 93.3 cm³/mol. The van der Waals surface area contributed by atoms with E-state index >= 15 is 0 Å². The minimum absolute atomic E-state index is 0.0741. The lowest BCUT2D eigenvalue weighted by atomic mass is 10.1. The molecule has 3 rings (SSSR count). The number of carbonyl (C=O) groups excluding carboxylic acids is 2. The number of fused-ring (bicyclic) bond motifs is 1. The fourth-order valence-corrected chi connectivity index (χ4v) is 3.04. The molecule has 5 heteroatoms. The molecule has 2 amide bonds. The number of benzene rings is 2. The number of rotatable bonds is 4. The highest BCUT2D eigenvalue weighted by Crippen LogP contribution is 2.32. The largest absolute Gasteiger partial charge is 0.482 e. The minimum atomic E-state index is -0.181. The lowest BCUT2D eigenvalue weighted by Gasteiger charge is -2.23. The van der Waals surface area contributed by atoms with Crippen molar-refractivity contribution in [3.63, 3.8) is 0 Å². The molecular weight excluding hydrogens is 304 g/mol. The third-order valence-corrected chi connectivity index (χ3v) is 4.02. The van der Waals surface area contributed by atoms with Crippen LogP contribution in [0.1, 0.15) is 19.4 Å². The number of nitrogens with one attached hydrogen (secondary N) is 1. The van der Waals surface area contributed by atoms with Gasteiger partial charge in [0.15, 0.2) is 6.61 Å². The Kier molecular flexibility index (Phi) is 4.51. The number of hydrogen-bond donors (Lipinski definition) is 1. The Bertz CT molecular complexity index is 773. The molecule has 0 unspecified atom stereocenters. The van der Waals surface area contributed by atoms with Gasteiger partial charge in [-0.1, -0.05) is 30.3 Å². The van der Waals surface area contributed by atoms with Gasteiger partial charge in [-0.15, -0.1) is 0 Å². The first-order valence-electron chi connectivity index (χ1n) is 7.95. The van der Waals surface area contributed by atoms with E-state index in [0.29, 0.717) is 11.4 Å². The van der Waals surface area contributed by atoms with Gasteiger partial charge >= 0.3 is 0 Å². The number of carbonyl (C=O) groups is 2. The van der Waals surface area contributed by atoms with E-state index in [1.54, 1.807) is 29.2 Å². The van der Waals surface area contributed by atoms with E-state index in [9.17, 15) is 9.59 Å². The van der Waals surface area contributed by atoms with Crippen LogP contribution in [-0.2, 0) is 16.0 Å². The van der Waals surface area contributed by atoms with Crippen molar-refractivity contribution in [2.45, 2.75) is 26.3 Å². The van der Waals surface area contributed by atoms with E-state index in [1.165, 1.54) is 12.5 Å².